The molecule has 0 aliphatic carbocycles. The number of ether oxygens (including phenoxy) is 2. The molecule has 1 N–H and O–H groups in total. The molecule has 1 atom stereocenters. The molecule has 1 unspecified atom stereocenters. The number of rotatable bonds is 8. The molecule has 2 heterocycles. The molecule has 0 bridgehead atoms. The molecule has 0 spiro atoms. The van der Waals surface area contributed by atoms with Gasteiger partial charge in [0.15, 0.2) is 0 Å². The van der Waals surface area contributed by atoms with Gasteiger partial charge < -0.3 is 19.5 Å². The largest absolute Gasteiger partial charge is 0.492 e. The van der Waals surface area contributed by atoms with Gasteiger partial charge in [0.25, 0.3) is 0 Å². The second kappa shape index (κ2) is 10.2. The molecule has 0 aromatic heterocycles. The monoisotopic (exact) mass is 363 g/mol. The summed E-state index contributed by atoms with van der Waals surface area (Å²) in [4.78, 5) is 7.23. The van der Waals surface area contributed by atoms with Gasteiger partial charge >= 0.3 is 0 Å². The molecule has 2 saturated heterocycles. The van der Waals surface area contributed by atoms with Crippen LogP contribution in [0.5, 0.6) is 5.75 Å². The number of piperazine rings is 1. The zero-order valence-corrected chi connectivity index (χ0v) is 16.0. The first-order chi connectivity index (χ1) is 12.8. The van der Waals surface area contributed by atoms with Crippen molar-refractivity contribution >= 4 is 0 Å². The van der Waals surface area contributed by atoms with Crippen molar-refractivity contribution in [2.45, 2.75) is 19.0 Å². The number of likely N-dealkylation sites (N-methyl/N-ethyl adjacent to an activating group) is 1. The highest BCUT2D eigenvalue weighted by molar-refractivity contribution is 5.33. The second-order valence-electron chi connectivity index (χ2n) is 7.29. The minimum atomic E-state index is 0.254. The lowest BCUT2D eigenvalue weighted by molar-refractivity contribution is 0.0320. The van der Waals surface area contributed by atoms with E-state index in [2.05, 4.69) is 39.9 Å². The van der Waals surface area contributed by atoms with E-state index >= 15 is 0 Å². The van der Waals surface area contributed by atoms with Crippen LogP contribution in [0.15, 0.2) is 24.3 Å². The molecule has 26 heavy (non-hydrogen) atoms. The summed E-state index contributed by atoms with van der Waals surface area (Å²) in [6.45, 7) is 9.58. The summed E-state index contributed by atoms with van der Waals surface area (Å²) in [5.74, 6) is 0.999. The highest BCUT2D eigenvalue weighted by Crippen LogP contribution is 2.22. The Morgan fingerprint density at radius 3 is 2.73 bits per heavy atom. The van der Waals surface area contributed by atoms with Crippen LogP contribution in [0.25, 0.3) is 0 Å². The molecule has 0 radical (unpaired) electrons. The SMILES string of the molecule is CN1CCN(Cc2ccccc2OCCN2CCOCC2)CC1CCO. The zero-order valence-electron chi connectivity index (χ0n) is 16.0. The molecule has 146 valence electrons. The van der Waals surface area contributed by atoms with Crippen LogP contribution in [0, 0.1) is 0 Å². The fraction of sp³-hybridized carbons (Fsp3) is 0.700. The van der Waals surface area contributed by atoms with Gasteiger partial charge in [0.1, 0.15) is 12.4 Å². The summed E-state index contributed by atoms with van der Waals surface area (Å²) < 4.78 is 11.5. The van der Waals surface area contributed by atoms with Crippen LogP contribution in [0.3, 0.4) is 0 Å². The fourth-order valence-electron chi connectivity index (χ4n) is 3.74. The maximum Gasteiger partial charge on any atom is 0.123 e. The number of hydrogen-bond donors (Lipinski definition) is 1. The summed E-state index contributed by atoms with van der Waals surface area (Å²) in [5.41, 5.74) is 1.25. The minimum absolute atomic E-state index is 0.254. The number of para-hydroxylation sites is 1. The summed E-state index contributed by atoms with van der Waals surface area (Å²) in [7, 11) is 2.15. The average Bonchev–Trinajstić information content (AvgIpc) is 2.67. The first-order valence-electron chi connectivity index (χ1n) is 9.80. The first-order valence-corrected chi connectivity index (χ1v) is 9.80. The second-order valence-corrected chi connectivity index (χ2v) is 7.29. The van der Waals surface area contributed by atoms with Crippen LogP contribution in [-0.4, -0.2) is 98.6 Å². The maximum atomic E-state index is 9.28. The number of nitrogens with zero attached hydrogens (tertiary/aromatic N) is 3. The molecule has 2 fully saturated rings. The van der Waals surface area contributed by atoms with Crippen molar-refractivity contribution in [2.24, 2.45) is 0 Å². The van der Waals surface area contributed by atoms with Crippen molar-refractivity contribution in [3.05, 3.63) is 29.8 Å². The van der Waals surface area contributed by atoms with E-state index in [0.29, 0.717) is 12.6 Å². The molecule has 6 nitrogen and oxygen atoms in total. The van der Waals surface area contributed by atoms with Crippen LogP contribution in [0.2, 0.25) is 0 Å². The topological polar surface area (TPSA) is 48.4 Å². The normalized spacial score (nSPS) is 23.2. The maximum absolute atomic E-state index is 9.28. The Morgan fingerprint density at radius 1 is 1.12 bits per heavy atom. The molecule has 2 aliphatic rings. The Labute approximate surface area is 157 Å². The fourth-order valence-corrected chi connectivity index (χ4v) is 3.74. The lowest BCUT2D eigenvalue weighted by Crippen LogP contribution is -2.51. The van der Waals surface area contributed by atoms with Gasteiger partial charge in [-0.05, 0) is 19.5 Å². The zero-order chi connectivity index (χ0) is 18.2. The highest BCUT2D eigenvalue weighted by Gasteiger charge is 2.24. The molecule has 0 saturated carbocycles. The Hall–Kier alpha value is -1.18. The van der Waals surface area contributed by atoms with Crippen molar-refractivity contribution in [1.82, 2.24) is 14.7 Å². The number of aliphatic hydroxyl groups is 1. The van der Waals surface area contributed by atoms with Crippen molar-refractivity contribution in [2.75, 3.05) is 72.7 Å². The van der Waals surface area contributed by atoms with Gasteiger partial charge in [-0.15, -0.1) is 0 Å². The third-order valence-electron chi connectivity index (χ3n) is 5.46. The summed E-state index contributed by atoms with van der Waals surface area (Å²) >= 11 is 0. The molecule has 3 rings (SSSR count). The van der Waals surface area contributed by atoms with Gasteiger partial charge in [-0.1, -0.05) is 18.2 Å². The van der Waals surface area contributed by atoms with Gasteiger partial charge in [-0.25, -0.2) is 0 Å². The van der Waals surface area contributed by atoms with E-state index in [1.807, 2.05) is 6.07 Å². The smallest absolute Gasteiger partial charge is 0.123 e. The predicted molar refractivity (Wildman–Crippen MR) is 103 cm³/mol. The summed E-state index contributed by atoms with van der Waals surface area (Å²) in [6.07, 6.45) is 0.838. The first kappa shape index (κ1) is 19.6. The van der Waals surface area contributed by atoms with Crippen molar-refractivity contribution in [3.63, 3.8) is 0 Å². The standard InChI is InChI=1S/C20H33N3O3/c1-21-7-8-23(17-19(21)6-12-24)16-18-4-2-3-5-20(18)26-15-11-22-9-13-25-14-10-22/h2-5,19,24H,6-17H2,1H3. The Bertz CT molecular complexity index is 537. The van der Waals surface area contributed by atoms with Crippen LogP contribution in [0.4, 0.5) is 0 Å². The Morgan fingerprint density at radius 2 is 1.92 bits per heavy atom. The number of hydrogen-bond acceptors (Lipinski definition) is 6. The number of aliphatic hydroxyl groups excluding tert-OH is 1. The van der Waals surface area contributed by atoms with E-state index < -0.39 is 0 Å². The van der Waals surface area contributed by atoms with Crippen LogP contribution >= 0.6 is 0 Å². The number of morpholine rings is 1. The predicted octanol–water partition coefficient (Wildman–Crippen LogP) is 0.896. The van der Waals surface area contributed by atoms with Crippen LogP contribution in [-0.2, 0) is 11.3 Å². The van der Waals surface area contributed by atoms with Crippen LogP contribution in [0.1, 0.15) is 12.0 Å². The number of benzene rings is 1. The molecule has 1 aromatic rings. The highest BCUT2D eigenvalue weighted by atomic mass is 16.5. The van der Waals surface area contributed by atoms with Gasteiger partial charge in [-0.3, -0.25) is 9.80 Å². The van der Waals surface area contributed by atoms with Crippen molar-refractivity contribution in [3.8, 4) is 5.75 Å². The van der Waals surface area contributed by atoms with E-state index in [0.717, 1.165) is 71.2 Å². The Kier molecular flexibility index (Phi) is 7.70. The molecule has 1 aromatic carbocycles. The summed E-state index contributed by atoms with van der Waals surface area (Å²) in [6, 6.07) is 8.82. The quantitative estimate of drug-likeness (QED) is 0.741. The molecule has 6 heteroatoms. The van der Waals surface area contributed by atoms with Crippen molar-refractivity contribution in [1.29, 1.82) is 0 Å². The molecule has 0 amide bonds. The van der Waals surface area contributed by atoms with E-state index in [1.54, 1.807) is 0 Å². The van der Waals surface area contributed by atoms with E-state index in [4.69, 9.17) is 9.47 Å². The van der Waals surface area contributed by atoms with E-state index in [9.17, 15) is 5.11 Å². The van der Waals surface area contributed by atoms with Gasteiger partial charge in [0.2, 0.25) is 0 Å². The van der Waals surface area contributed by atoms with E-state index in [1.165, 1.54) is 5.56 Å². The van der Waals surface area contributed by atoms with E-state index in [-0.39, 0.29) is 6.61 Å². The van der Waals surface area contributed by atoms with Gasteiger partial charge in [0, 0.05) is 64.0 Å². The van der Waals surface area contributed by atoms with Crippen LogP contribution < -0.4 is 4.74 Å². The lowest BCUT2D eigenvalue weighted by Gasteiger charge is -2.39. The third-order valence-corrected chi connectivity index (χ3v) is 5.46. The average molecular weight is 364 g/mol. The summed E-state index contributed by atoms with van der Waals surface area (Å²) in [5, 5.41) is 9.28. The van der Waals surface area contributed by atoms with Gasteiger partial charge in [-0.2, -0.15) is 0 Å². The Balaban J connectivity index is 1.51. The van der Waals surface area contributed by atoms with Crippen molar-refractivity contribution < 1.29 is 14.6 Å². The minimum Gasteiger partial charge on any atom is -0.492 e. The third kappa shape index (κ3) is 5.66. The molecular formula is C20H33N3O3. The lowest BCUT2D eigenvalue weighted by atomic mass is 10.1. The van der Waals surface area contributed by atoms with Gasteiger partial charge in [0.05, 0.1) is 13.2 Å². The molecular weight excluding hydrogens is 330 g/mol. The molecule has 2 aliphatic heterocycles.